The molecule has 2 atom stereocenters. The molecule has 3 rings (SSSR count). The summed E-state index contributed by atoms with van der Waals surface area (Å²) < 4.78 is 12.0. The van der Waals surface area contributed by atoms with Gasteiger partial charge in [-0.1, -0.05) is 51.1 Å². The van der Waals surface area contributed by atoms with Gasteiger partial charge in [0.05, 0.1) is 5.37 Å². The van der Waals surface area contributed by atoms with E-state index in [4.69, 9.17) is 14.6 Å². The summed E-state index contributed by atoms with van der Waals surface area (Å²) >= 11 is 1.60. The van der Waals surface area contributed by atoms with Gasteiger partial charge in [0.15, 0.2) is 0 Å². The monoisotopic (exact) mass is 415 g/mol. The first-order valence-electron chi connectivity index (χ1n) is 9.82. The molecule has 0 radical (unpaired) electrons. The van der Waals surface area contributed by atoms with Gasteiger partial charge in [-0.3, -0.25) is 10.1 Å². The van der Waals surface area contributed by atoms with Crippen molar-refractivity contribution in [2.45, 2.75) is 44.5 Å². The van der Waals surface area contributed by atoms with Crippen LogP contribution in [0.1, 0.15) is 42.8 Å². The second-order valence-electron chi connectivity index (χ2n) is 8.24. The van der Waals surface area contributed by atoms with E-state index in [2.05, 4.69) is 51.2 Å². The zero-order valence-corrected chi connectivity index (χ0v) is 18.2. The lowest BCUT2D eigenvalue weighted by Gasteiger charge is -2.24. The molecule has 0 aromatic heterocycles. The lowest BCUT2D eigenvalue weighted by molar-refractivity contribution is -0.138. The molecule has 1 saturated heterocycles. The maximum absolute atomic E-state index is 11.1. The molecule has 0 amide bonds. The first kappa shape index (κ1) is 21.5. The molecule has 1 fully saturated rings. The fourth-order valence-electron chi connectivity index (χ4n) is 3.31. The molecule has 1 aliphatic heterocycles. The quantitative estimate of drug-likeness (QED) is 0.647. The van der Waals surface area contributed by atoms with Crippen LogP contribution in [0.25, 0.3) is 0 Å². The van der Waals surface area contributed by atoms with Gasteiger partial charge in [-0.05, 0) is 41.2 Å². The number of carboxylic acid groups (broad SMARTS) is 1. The summed E-state index contributed by atoms with van der Waals surface area (Å²) in [5, 5.41) is 12.2. The molecule has 2 N–H and O–H groups in total. The number of ether oxygens (including phenoxy) is 2. The van der Waals surface area contributed by atoms with Crippen molar-refractivity contribution in [3.63, 3.8) is 0 Å². The van der Waals surface area contributed by atoms with E-state index in [1.54, 1.807) is 11.8 Å². The van der Waals surface area contributed by atoms with Crippen molar-refractivity contribution in [2.24, 2.45) is 0 Å². The van der Waals surface area contributed by atoms with Gasteiger partial charge in [-0.2, -0.15) is 0 Å². The van der Waals surface area contributed by atoms with Crippen LogP contribution >= 0.6 is 11.8 Å². The van der Waals surface area contributed by atoms with Crippen LogP contribution in [-0.4, -0.2) is 36.1 Å². The molecule has 2 aromatic carbocycles. The maximum Gasteiger partial charge on any atom is 0.321 e. The van der Waals surface area contributed by atoms with Crippen LogP contribution in [0.4, 0.5) is 0 Å². The van der Waals surface area contributed by atoms with Gasteiger partial charge in [-0.15, -0.1) is 11.8 Å². The molecule has 1 aliphatic rings. The standard InChI is InChI=1S/C23H29NO4S/c1-15-7-5-10-18(23(2,3)4)20(15)28-12-11-27-17-9-6-8-16(13-17)21-24-19(14-29-21)22(25)26/h5-10,13,19,21,24H,11-12,14H2,1-4H3,(H,25,26). The van der Waals surface area contributed by atoms with Gasteiger partial charge in [0, 0.05) is 5.75 Å². The number of thioether (sulfide) groups is 1. The minimum Gasteiger partial charge on any atom is -0.490 e. The summed E-state index contributed by atoms with van der Waals surface area (Å²) in [4.78, 5) is 11.1. The number of hydrogen-bond donors (Lipinski definition) is 2. The number of hydrogen-bond acceptors (Lipinski definition) is 5. The lowest BCUT2D eigenvalue weighted by atomic mass is 9.85. The third-order valence-electron chi connectivity index (χ3n) is 4.86. The zero-order valence-electron chi connectivity index (χ0n) is 17.4. The molecule has 156 valence electrons. The number of carboxylic acids is 1. The largest absolute Gasteiger partial charge is 0.490 e. The second kappa shape index (κ2) is 9.09. The zero-order chi connectivity index (χ0) is 21.0. The predicted molar refractivity (Wildman–Crippen MR) is 117 cm³/mol. The molecule has 0 spiro atoms. The summed E-state index contributed by atoms with van der Waals surface area (Å²) in [7, 11) is 0. The van der Waals surface area contributed by atoms with Crippen molar-refractivity contribution >= 4 is 17.7 Å². The Morgan fingerprint density at radius 2 is 1.90 bits per heavy atom. The number of nitrogens with one attached hydrogen (secondary N) is 1. The van der Waals surface area contributed by atoms with E-state index in [9.17, 15) is 4.79 Å². The highest BCUT2D eigenvalue weighted by molar-refractivity contribution is 7.99. The fraction of sp³-hybridized carbons (Fsp3) is 0.435. The predicted octanol–water partition coefficient (Wildman–Crippen LogP) is 4.54. The average molecular weight is 416 g/mol. The van der Waals surface area contributed by atoms with Crippen LogP contribution < -0.4 is 14.8 Å². The second-order valence-corrected chi connectivity index (χ2v) is 9.38. The molecule has 1 heterocycles. The van der Waals surface area contributed by atoms with Gasteiger partial charge >= 0.3 is 5.97 Å². The van der Waals surface area contributed by atoms with E-state index in [0.717, 1.165) is 22.6 Å². The van der Waals surface area contributed by atoms with Crippen LogP contribution in [0.2, 0.25) is 0 Å². The Balaban J connectivity index is 1.57. The van der Waals surface area contributed by atoms with Crippen molar-refractivity contribution in [3.05, 3.63) is 59.2 Å². The number of benzene rings is 2. The molecule has 5 nitrogen and oxygen atoms in total. The minimum atomic E-state index is -0.810. The Morgan fingerprint density at radius 3 is 2.59 bits per heavy atom. The molecule has 0 bridgehead atoms. The summed E-state index contributed by atoms with van der Waals surface area (Å²) in [5.74, 6) is 1.44. The normalized spacial score (nSPS) is 19.2. The highest BCUT2D eigenvalue weighted by Crippen LogP contribution is 2.35. The molecule has 6 heteroatoms. The van der Waals surface area contributed by atoms with Gasteiger partial charge in [0.1, 0.15) is 30.8 Å². The van der Waals surface area contributed by atoms with Crippen LogP contribution in [0.5, 0.6) is 11.5 Å². The maximum atomic E-state index is 11.1. The Hall–Kier alpha value is -2.18. The third-order valence-corrected chi connectivity index (χ3v) is 6.13. The summed E-state index contributed by atoms with van der Waals surface area (Å²) in [5.41, 5.74) is 3.34. The Morgan fingerprint density at radius 1 is 1.17 bits per heavy atom. The van der Waals surface area contributed by atoms with E-state index in [1.165, 1.54) is 5.56 Å². The van der Waals surface area contributed by atoms with Gasteiger partial charge in [-0.25, -0.2) is 0 Å². The number of aryl methyl sites for hydroxylation is 1. The molecule has 0 saturated carbocycles. The first-order chi connectivity index (χ1) is 13.8. The fourth-order valence-corrected chi connectivity index (χ4v) is 4.53. The van der Waals surface area contributed by atoms with Crippen LogP contribution in [0, 0.1) is 6.92 Å². The Labute approximate surface area is 176 Å². The van der Waals surface area contributed by atoms with Crippen molar-refractivity contribution < 1.29 is 19.4 Å². The SMILES string of the molecule is Cc1cccc(C(C)(C)C)c1OCCOc1cccc(C2NC(C(=O)O)CS2)c1. The van der Waals surface area contributed by atoms with Crippen molar-refractivity contribution in [2.75, 3.05) is 19.0 Å². The van der Waals surface area contributed by atoms with Gasteiger partial charge in [0.2, 0.25) is 0 Å². The van der Waals surface area contributed by atoms with Crippen molar-refractivity contribution in [1.82, 2.24) is 5.32 Å². The molecule has 29 heavy (non-hydrogen) atoms. The molecule has 0 aliphatic carbocycles. The molecular weight excluding hydrogens is 386 g/mol. The highest BCUT2D eigenvalue weighted by atomic mass is 32.2. The topological polar surface area (TPSA) is 67.8 Å². The summed E-state index contributed by atoms with van der Waals surface area (Å²) in [6.45, 7) is 9.49. The van der Waals surface area contributed by atoms with E-state index < -0.39 is 12.0 Å². The van der Waals surface area contributed by atoms with E-state index in [1.807, 2.05) is 24.3 Å². The summed E-state index contributed by atoms with van der Waals surface area (Å²) in [6, 6.07) is 13.5. The lowest BCUT2D eigenvalue weighted by Crippen LogP contribution is -2.33. The van der Waals surface area contributed by atoms with Crippen molar-refractivity contribution in [1.29, 1.82) is 0 Å². The van der Waals surface area contributed by atoms with Gasteiger partial charge < -0.3 is 14.6 Å². The number of rotatable bonds is 7. The van der Waals surface area contributed by atoms with Crippen LogP contribution in [-0.2, 0) is 10.2 Å². The Bertz CT molecular complexity index is 862. The van der Waals surface area contributed by atoms with Crippen LogP contribution in [0.15, 0.2) is 42.5 Å². The average Bonchev–Trinajstić information content (AvgIpc) is 3.16. The van der Waals surface area contributed by atoms with E-state index >= 15 is 0 Å². The smallest absolute Gasteiger partial charge is 0.321 e. The van der Waals surface area contributed by atoms with Gasteiger partial charge in [0.25, 0.3) is 0 Å². The third kappa shape index (κ3) is 5.46. The first-order valence-corrected chi connectivity index (χ1v) is 10.9. The summed E-state index contributed by atoms with van der Waals surface area (Å²) in [6.07, 6.45) is 0. The highest BCUT2D eigenvalue weighted by Gasteiger charge is 2.30. The molecule has 2 aromatic rings. The number of carbonyl (C=O) groups is 1. The number of aliphatic carboxylic acids is 1. The minimum absolute atomic E-state index is 0.0102. The molecular formula is C23H29NO4S. The van der Waals surface area contributed by atoms with E-state index in [-0.39, 0.29) is 10.8 Å². The Kier molecular flexibility index (Phi) is 6.75. The van der Waals surface area contributed by atoms with E-state index in [0.29, 0.717) is 19.0 Å². The number of para-hydroxylation sites is 1. The van der Waals surface area contributed by atoms with Crippen LogP contribution in [0.3, 0.4) is 0 Å². The molecule has 2 unspecified atom stereocenters. The van der Waals surface area contributed by atoms with Crippen molar-refractivity contribution in [3.8, 4) is 11.5 Å².